The molecule has 2 fully saturated rings. The molecule has 6 heteroatoms. The summed E-state index contributed by atoms with van der Waals surface area (Å²) in [5.74, 6) is -0.120. The van der Waals surface area contributed by atoms with Crippen LogP contribution in [0.25, 0.3) is 0 Å². The highest BCUT2D eigenvalue weighted by Gasteiger charge is 2.29. The molecule has 134 valence electrons. The second kappa shape index (κ2) is 8.10. The lowest BCUT2D eigenvalue weighted by Gasteiger charge is -2.38. The standard InChI is InChI=1S/C18H30N4O2/c1-21-17(23)11-10-16(20-21)18(24)19-14-7-6-12-22(13-14)15-8-4-2-3-5-9-15/h14-15H,2-13H2,1H3,(H,19,24)/t14-/m1/s1. The van der Waals surface area contributed by atoms with E-state index in [1.807, 2.05) is 0 Å². The Hall–Kier alpha value is -1.43. The molecule has 1 saturated heterocycles. The minimum atomic E-state index is -0.0953. The van der Waals surface area contributed by atoms with Gasteiger partial charge in [0.25, 0.3) is 5.91 Å². The zero-order valence-electron chi connectivity index (χ0n) is 14.8. The van der Waals surface area contributed by atoms with Gasteiger partial charge in [-0.05, 0) is 32.2 Å². The van der Waals surface area contributed by atoms with Gasteiger partial charge in [0.1, 0.15) is 5.71 Å². The van der Waals surface area contributed by atoms with Crippen LogP contribution in [0.4, 0.5) is 0 Å². The third kappa shape index (κ3) is 4.35. The fourth-order valence-corrected chi connectivity index (χ4v) is 4.18. The Kier molecular flexibility index (Phi) is 5.87. The third-order valence-corrected chi connectivity index (χ3v) is 5.60. The number of hydrogen-bond donors (Lipinski definition) is 1. The Morgan fingerprint density at radius 3 is 2.54 bits per heavy atom. The van der Waals surface area contributed by atoms with E-state index >= 15 is 0 Å². The molecular formula is C18H30N4O2. The van der Waals surface area contributed by atoms with Crippen molar-refractivity contribution in [3.05, 3.63) is 0 Å². The van der Waals surface area contributed by atoms with E-state index in [4.69, 9.17) is 0 Å². The first-order valence-electron chi connectivity index (χ1n) is 9.52. The zero-order valence-corrected chi connectivity index (χ0v) is 14.8. The Morgan fingerprint density at radius 2 is 1.83 bits per heavy atom. The number of rotatable bonds is 3. The van der Waals surface area contributed by atoms with Gasteiger partial charge in [-0.25, -0.2) is 5.01 Å². The number of nitrogens with one attached hydrogen (secondary N) is 1. The summed E-state index contributed by atoms with van der Waals surface area (Å²) in [4.78, 5) is 26.5. The van der Waals surface area contributed by atoms with E-state index in [1.54, 1.807) is 7.05 Å². The number of amides is 2. The second-order valence-electron chi connectivity index (χ2n) is 7.42. The maximum atomic E-state index is 12.5. The van der Waals surface area contributed by atoms with Crippen molar-refractivity contribution in [2.45, 2.75) is 76.3 Å². The van der Waals surface area contributed by atoms with Gasteiger partial charge in [0, 0.05) is 38.5 Å². The number of piperidine rings is 1. The van der Waals surface area contributed by atoms with Crippen LogP contribution in [-0.4, -0.2) is 59.7 Å². The van der Waals surface area contributed by atoms with Crippen molar-refractivity contribution in [1.82, 2.24) is 15.2 Å². The predicted molar refractivity (Wildman–Crippen MR) is 93.7 cm³/mol. The summed E-state index contributed by atoms with van der Waals surface area (Å²) in [5.41, 5.74) is 0.490. The van der Waals surface area contributed by atoms with Gasteiger partial charge in [0.05, 0.1) is 0 Å². The first-order valence-corrected chi connectivity index (χ1v) is 9.52. The van der Waals surface area contributed by atoms with Gasteiger partial charge in [-0.15, -0.1) is 0 Å². The van der Waals surface area contributed by atoms with E-state index in [0.29, 0.717) is 24.6 Å². The van der Waals surface area contributed by atoms with Crippen molar-refractivity contribution < 1.29 is 9.59 Å². The first-order chi connectivity index (χ1) is 11.6. The molecule has 6 nitrogen and oxygen atoms in total. The summed E-state index contributed by atoms with van der Waals surface area (Å²) in [6, 6.07) is 0.906. The largest absolute Gasteiger partial charge is 0.347 e. The van der Waals surface area contributed by atoms with Gasteiger partial charge in [0.15, 0.2) is 0 Å². The smallest absolute Gasteiger partial charge is 0.267 e. The molecule has 0 radical (unpaired) electrons. The number of carbonyl (C=O) groups is 2. The number of hydrogen-bond acceptors (Lipinski definition) is 4. The van der Waals surface area contributed by atoms with Gasteiger partial charge in [-0.2, -0.15) is 5.10 Å². The predicted octanol–water partition coefficient (Wildman–Crippen LogP) is 1.90. The average molecular weight is 334 g/mol. The molecule has 0 aromatic heterocycles. The lowest BCUT2D eigenvalue weighted by atomic mass is 9.99. The quantitative estimate of drug-likeness (QED) is 0.802. The van der Waals surface area contributed by atoms with E-state index in [0.717, 1.165) is 25.9 Å². The van der Waals surface area contributed by atoms with Crippen LogP contribution in [0.1, 0.15) is 64.2 Å². The number of nitrogens with zero attached hydrogens (tertiary/aromatic N) is 3. The molecule has 0 aromatic rings. The second-order valence-corrected chi connectivity index (χ2v) is 7.42. The Morgan fingerprint density at radius 1 is 1.08 bits per heavy atom. The molecule has 1 atom stereocenters. The van der Waals surface area contributed by atoms with Crippen molar-refractivity contribution in [3.63, 3.8) is 0 Å². The molecule has 2 aliphatic heterocycles. The number of carbonyl (C=O) groups excluding carboxylic acids is 2. The van der Waals surface area contributed by atoms with Crippen LogP contribution in [-0.2, 0) is 9.59 Å². The van der Waals surface area contributed by atoms with E-state index in [2.05, 4.69) is 15.3 Å². The maximum Gasteiger partial charge on any atom is 0.267 e. The summed E-state index contributed by atoms with van der Waals surface area (Å²) in [5, 5.41) is 8.57. The highest BCUT2D eigenvalue weighted by molar-refractivity contribution is 6.39. The van der Waals surface area contributed by atoms with Crippen LogP contribution in [0.15, 0.2) is 5.10 Å². The van der Waals surface area contributed by atoms with Crippen LogP contribution in [0.2, 0.25) is 0 Å². The average Bonchev–Trinajstić information content (AvgIpc) is 2.87. The normalized spacial score (nSPS) is 27.5. The van der Waals surface area contributed by atoms with Gasteiger partial charge >= 0.3 is 0 Å². The summed E-state index contributed by atoms with van der Waals surface area (Å²) < 4.78 is 0. The monoisotopic (exact) mass is 334 g/mol. The fourth-order valence-electron chi connectivity index (χ4n) is 4.18. The van der Waals surface area contributed by atoms with Crippen molar-refractivity contribution in [2.24, 2.45) is 5.10 Å². The summed E-state index contributed by atoms with van der Waals surface area (Å²) in [6.07, 6.45) is 11.1. The summed E-state index contributed by atoms with van der Waals surface area (Å²) in [6.45, 7) is 2.12. The van der Waals surface area contributed by atoms with E-state index in [9.17, 15) is 9.59 Å². The van der Waals surface area contributed by atoms with Crippen LogP contribution < -0.4 is 5.32 Å². The molecule has 3 rings (SSSR count). The molecule has 0 unspecified atom stereocenters. The highest BCUT2D eigenvalue weighted by atomic mass is 16.2. The SMILES string of the molecule is CN1N=C(C(=O)N[C@@H]2CCCN(C3CCCCCC3)C2)CCC1=O. The van der Waals surface area contributed by atoms with Gasteiger partial charge in [0.2, 0.25) is 5.91 Å². The van der Waals surface area contributed by atoms with E-state index in [-0.39, 0.29) is 17.9 Å². The lowest BCUT2D eigenvalue weighted by molar-refractivity contribution is -0.130. The topological polar surface area (TPSA) is 65.0 Å². The van der Waals surface area contributed by atoms with Crippen LogP contribution in [0, 0.1) is 0 Å². The van der Waals surface area contributed by atoms with E-state index in [1.165, 1.54) is 43.5 Å². The maximum absolute atomic E-state index is 12.5. The minimum Gasteiger partial charge on any atom is -0.347 e. The third-order valence-electron chi connectivity index (χ3n) is 5.60. The molecule has 2 amide bonds. The zero-order chi connectivity index (χ0) is 16.9. The van der Waals surface area contributed by atoms with Crippen molar-refractivity contribution in [2.75, 3.05) is 20.1 Å². The molecule has 0 spiro atoms. The highest BCUT2D eigenvalue weighted by Crippen LogP contribution is 2.24. The Bertz CT molecular complexity index is 497. The Balaban J connectivity index is 1.54. The Labute approximate surface area is 144 Å². The molecule has 1 N–H and O–H groups in total. The van der Waals surface area contributed by atoms with E-state index < -0.39 is 0 Å². The summed E-state index contributed by atoms with van der Waals surface area (Å²) in [7, 11) is 1.61. The van der Waals surface area contributed by atoms with Gasteiger partial charge in [-0.1, -0.05) is 25.7 Å². The number of hydrazone groups is 1. The molecule has 2 heterocycles. The molecule has 0 aromatic carbocycles. The van der Waals surface area contributed by atoms with Crippen LogP contribution in [0.5, 0.6) is 0 Å². The van der Waals surface area contributed by atoms with Gasteiger partial charge < -0.3 is 5.32 Å². The van der Waals surface area contributed by atoms with Crippen molar-refractivity contribution in [1.29, 1.82) is 0 Å². The molecule has 24 heavy (non-hydrogen) atoms. The molecular weight excluding hydrogens is 304 g/mol. The van der Waals surface area contributed by atoms with Crippen LogP contribution in [0.3, 0.4) is 0 Å². The van der Waals surface area contributed by atoms with Crippen molar-refractivity contribution in [3.8, 4) is 0 Å². The molecule has 1 saturated carbocycles. The molecule has 0 bridgehead atoms. The van der Waals surface area contributed by atoms with Gasteiger partial charge in [-0.3, -0.25) is 14.5 Å². The first kappa shape index (κ1) is 17.4. The molecule has 3 aliphatic rings. The molecule has 1 aliphatic carbocycles. The lowest BCUT2D eigenvalue weighted by Crippen LogP contribution is -2.52. The van der Waals surface area contributed by atoms with Crippen molar-refractivity contribution >= 4 is 17.5 Å². The van der Waals surface area contributed by atoms with Crippen LogP contribution >= 0.6 is 0 Å². The minimum absolute atomic E-state index is 0.0243. The fraction of sp³-hybridized carbons (Fsp3) is 0.833. The number of likely N-dealkylation sites (tertiary alicyclic amines) is 1. The summed E-state index contributed by atoms with van der Waals surface area (Å²) >= 11 is 0.